The zero-order chi connectivity index (χ0) is 20.6. The number of alkyl halides is 3. The average molecular weight is 414 g/mol. The molecule has 0 bridgehead atoms. The minimum Gasteiger partial charge on any atom is -0.349 e. The van der Waals surface area contributed by atoms with Gasteiger partial charge in [0.1, 0.15) is 5.82 Å². The lowest BCUT2D eigenvalue weighted by molar-refractivity contribution is -0.328. The van der Waals surface area contributed by atoms with Gasteiger partial charge in [-0.2, -0.15) is 13.2 Å². The zero-order valence-electron chi connectivity index (χ0n) is 14.9. The molecule has 5 nitrogen and oxygen atoms in total. The monoisotopic (exact) mass is 414 g/mol. The van der Waals surface area contributed by atoms with Gasteiger partial charge in [0.05, 0.1) is 16.9 Å². The molecule has 1 aromatic carbocycles. The number of nitrogens with one attached hydrogen (secondary N) is 1. The molecule has 0 aliphatic carbocycles. The summed E-state index contributed by atoms with van der Waals surface area (Å²) in [4.78, 5) is 29.0. The molecule has 28 heavy (non-hydrogen) atoms. The number of nitrogens with zero attached hydrogens (tertiary/aromatic N) is 2. The largest absolute Gasteiger partial charge is 0.419 e. The number of fused-ring (bicyclic) bond motifs is 1. The first-order chi connectivity index (χ1) is 13.1. The number of carbonyl (C=O) groups excluding carboxylic acids is 2. The van der Waals surface area contributed by atoms with Crippen LogP contribution in [-0.4, -0.2) is 39.1 Å². The lowest BCUT2D eigenvalue weighted by atomic mass is 10.0. The molecule has 0 saturated heterocycles. The fourth-order valence-electron chi connectivity index (χ4n) is 2.96. The van der Waals surface area contributed by atoms with Crippen molar-refractivity contribution in [3.63, 3.8) is 0 Å². The summed E-state index contributed by atoms with van der Waals surface area (Å²) < 4.78 is 54.1. The van der Waals surface area contributed by atoms with Crippen molar-refractivity contribution < 1.29 is 31.7 Å². The van der Waals surface area contributed by atoms with Crippen molar-refractivity contribution in [2.24, 2.45) is 4.99 Å². The van der Waals surface area contributed by atoms with E-state index in [4.69, 9.17) is 0 Å². The van der Waals surface area contributed by atoms with Crippen molar-refractivity contribution in [1.29, 1.82) is 0 Å². The number of rotatable bonds is 4. The minimum atomic E-state index is -4.81. The van der Waals surface area contributed by atoms with Crippen LogP contribution in [0.4, 0.5) is 17.6 Å². The van der Waals surface area contributed by atoms with Crippen LogP contribution in [0.2, 0.25) is 0 Å². The van der Waals surface area contributed by atoms with Crippen molar-refractivity contribution in [2.45, 2.75) is 31.7 Å². The maximum absolute atomic E-state index is 14.3. The Morgan fingerprint density at radius 2 is 2.07 bits per heavy atom. The Hall–Kier alpha value is -2.49. The molecule has 2 aliphatic heterocycles. The number of halogens is 4. The number of allylic oxidation sites excluding steroid dienone is 1. The molecule has 0 spiro atoms. The van der Waals surface area contributed by atoms with Gasteiger partial charge in [-0.1, -0.05) is 12.1 Å². The number of amidine groups is 1. The van der Waals surface area contributed by atoms with Gasteiger partial charge in [-0.25, -0.2) is 9.18 Å². The molecule has 148 valence electrons. The fourth-order valence-corrected chi connectivity index (χ4v) is 4.07. The summed E-state index contributed by atoms with van der Waals surface area (Å²) in [6.07, 6.45) is -3.97. The van der Waals surface area contributed by atoms with Gasteiger partial charge in [0, 0.05) is 13.0 Å². The summed E-state index contributed by atoms with van der Waals surface area (Å²) in [7, 11) is 0. The number of carbonyl (C=O) groups is 2. The zero-order valence-corrected chi connectivity index (χ0v) is 15.7. The molecule has 2 aliphatic rings. The van der Waals surface area contributed by atoms with E-state index in [1.807, 2.05) is 0 Å². The van der Waals surface area contributed by atoms with E-state index >= 15 is 0 Å². The normalized spacial score (nSPS) is 19.4. The smallest absolute Gasteiger partial charge is 0.349 e. The third kappa shape index (κ3) is 3.73. The van der Waals surface area contributed by atoms with Crippen molar-refractivity contribution in [3.05, 3.63) is 46.9 Å². The molecule has 0 radical (unpaired) electrons. The Morgan fingerprint density at radius 3 is 2.71 bits per heavy atom. The van der Waals surface area contributed by atoms with Crippen LogP contribution in [-0.2, 0) is 22.2 Å². The van der Waals surface area contributed by atoms with Gasteiger partial charge in [0.15, 0.2) is 11.4 Å². The first-order valence-corrected chi connectivity index (χ1v) is 9.31. The first kappa shape index (κ1) is 20.2. The second-order valence-electron chi connectivity index (χ2n) is 6.16. The number of hydrogen-bond acceptors (Lipinski definition) is 4. The highest BCUT2D eigenvalue weighted by molar-refractivity contribution is 8.15. The van der Waals surface area contributed by atoms with E-state index in [2.05, 4.69) is 10.3 Å². The van der Waals surface area contributed by atoms with Crippen LogP contribution in [0.25, 0.3) is 0 Å². The van der Waals surface area contributed by atoms with Gasteiger partial charge in [0.25, 0.3) is 5.91 Å². The molecule has 1 atom stereocenters. The molecule has 3 rings (SSSR count). The van der Waals surface area contributed by atoms with Crippen molar-refractivity contribution in [3.8, 4) is 0 Å². The number of aliphatic imine (C=N–C) groups is 1. The molecular weight excluding hydrogens is 398 g/mol. The van der Waals surface area contributed by atoms with E-state index in [0.717, 1.165) is 12.1 Å². The number of benzene rings is 1. The summed E-state index contributed by atoms with van der Waals surface area (Å²) in [6.45, 7) is 3.89. The van der Waals surface area contributed by atoms with Crippen LogP contribution in [0.1, 0.15) is 25.0 Å². The van der Waals surface area contributed by atoms with E-state index in [1.165, 1.54) is 22.4 Å². The van der Waals surface area contributed by atoms with Crippen LogP contribution in [0, 0.1) is 5.82 Å². The van der Waals surface area contributed by atoms with Crippen LogP contribution >= 0.6 is 11.8 Å². The molecule has 1 aromatic rings. The Morgan fingerprint density at radius 1 is 1.36 bits per heavy atom. The van der Waals surface area contributed by atoms with Crippen LogP contribution in [0.3, 0.4) is 0 Å². The van der Waals surface area contributed by atoms with Crippen LogP contribution in [0.5, 0.6) is 0 Å². The molecule has 2 amide bonds. The molecule has 1 N–H and O–H groups in total. The second kappa shape index (κ2) is 7.50. The standard InChI is InChI=1S/C18H15F4N3O2S/c1-3-23-16(27)15-9(2)28-17-24-11(8-13(26)25(15)17)7-10-5-4-6-12(14(10)19)18(20,21)22/h4-6,8-9H,3,7H2,1-2H3/p+1. The molecule has 10 heteroatoms. The molecule has 2 heterocycles. The van der Waals surface area contributed by atoms with E-state index in [1.54, 1.807) is 13.8 Å². The third-order valence-electron chi connectivity index (χ3n) is 4.17. The maximum atomic E-state index is 14.3. The van der Waals surface area contributed by atoms with Gasteiger partial charge >= 0.3 is 17.3 Å². The number of thioether (sulfide) groups is 1. The average Bonchev–Trinajstić information content (AvgIpc) is 2.92. The number of hydrogen-bond donors (Lipinski definition) is 1. The van der Waals surface area contributed by atoms with E-state index < -0.39 is 23.5 Å². The predicted molar refractivity (Wildman–Crippen MR) is 96.6 cm³/mol. The van der Waals surface area contributed by atoms with Crippen LogP contribution < -0.4 is 5.32 Å². The summed E-state index contributed by atoms with van der Waals surface area (Å²) in [6, 6.07) is 2.99. The van der Waals surface area contributed by atoms with Gasteiger partial charge in [0.2, 0.25) is 0 Å². The lowest BCUT2D eigenvalue weighted by Crippen LogP contribution is -2.41. The van der Waals surface area contributed by atoms with Gasteiger partial charge < -0.3 is 5.32 Å². The Bertz CT molecular complexity index is 951. The van der Waals surface area contributed by atoms with Gasteiger partial charge in [-0.3, -0.25) is 4.79 Å². The Kier molecular flexibility index (Phi) is 5.42. The summed E-state index contributed by atoms with van der Waals surface area (Å²) >= 11 is 1.18. The van der Waals surface area contributed by atoms with E-state index in [9.17, 15) is 27.2 Å². The second-order valence-corrected chi connectivity index (χ2v) is 7.47. The fraction of sp³-hybridized carbons (Fsp3) is 0.333. The first-order valence-electron chi connectivity index (χ1n) is 8.43. The summed E-state index contributed by atoms with van der Waals surface area (Å²) in [5, 5.41) is 2.56. The highest BCUT2D eigenvalue weighted by atomic mass is 32.2. The molecular formula is C18H16F4N3O2S+. The van der Waals surface area contributed by atoms with E-state index in [-0.39, 0.29) is 39.7 Å². The van der Waals surface area contributed by atoms with Crippen molar-refractivity contribution in [2.75, 3.05) is 6.54 Å². The highest BCUT2D eigenvalue weighted by Gasteiger charge is 2.45. The minimum absolute atomic E-state index is 0.131. The third-order valence-corrected chi connectivity index (χ3v) is 5.24. The SMILES string of the molecule is CCNC(=O)C1=[N+]2C(=O)C=C(Cc3cccc(C(F)(F)F)c3F)N=C2SC1C. The highest BCUT2D eigenvalue weighted by Crippen LogP contribution is 2.34. The van der Waals surface area contributed by atoms with Crippen molar-refractivity contribution >= 4 is 34.5 Å². The molecule has 0 fully saturated rings. The predicted octanol–water partition coefficient (Wildman–Crippen LogP) is 2.89. The quantitative estimate of drug-likeness (QED) is 0.609. The van der Waals surface area contributed by atoms with E-state index in [0.29, 0.717) is 12.6 Å². The van der Waals surface area contributed by atoms with Crippen LogP contribution in [0.15, 0.2) is 35.0 Å². The molecule has 1 unspecified atom stereocenters. The Labute approximate surface area is 162 Å². The van der Waals surface area contributed by atoms with Gasteiger partial charge in [-0.15, -0.1) is 4.58 Å². The summed E-state index contributed by atoms with van der Waals surface area (Å²) in [5.41, 5.74) is -1.20. The molecule has 0 aromatic heterocycles. The lowest BCUT2D eigenvalue weighted by Gasteiger charge is -2.11. The number of amides is 2. The van der Waals surface area contributed by atoms with Gasteiger partial charge in [-0.05, 0) is 42.2 Å². The Balaban J connectivity index is 1.93. The summed E-state index contributed by atoms with van der Waals surface area (Å²) in [5.74, 6) is -2.31. The topological polar surface area (TPSA) is 61.5 Å². The molecule has 0 saturated carbocycles. The maximum Gasteiger partial charge on any atom is 0.419 e. The van der Waals surface area contributed by atoms with Crippen molar-refractivity contribution in [1.82, 2.24) is 5.32 Å².